The summed E-state index contributed by atoms with van der Waals surface area (Å²) < 4.78 is 40.0. The summed E-state index contributed by atoms with van der Waals surface area (Å²) in [5, 5.41) is 9.47. The van der Waals surface area contributed by atoms with Crippen LogP contribution in [-0.2, 0) is 4.79 Å². The summed E-state index contributed by atoms with van der Waals surface area (Å²) in [6.07, 6.45) is 3.33. The van der Waals surface area contributed by atoms with Crippen molar-refractivity contribution in [2.45, 2.75) is 37.8 Å². The third kappa shape index (κ3) is 3.16. The second kappa shape index (κ2) is 6.96. The van der Waals surface area contributed by atoms with Gasteiger partial charge in [-0.3, -0.25) is 4.79 Å². The topological polar surface area (TPSA) is 40.5 Å². The summed E-state index contributed by atoms with van der Waals surface area (Å²) in [6.45, 7) is 3.27. The largest absolute Gasteiger partial charge is 0.394 e. The van der Waals surface area contributed by atoms with Crippen LogP contribution in [0.3, 0.4) is 0 Å². The van der Waals surface area contributed by atoms with E-state index in [0.29, 0.717) is 19.3 Å². The first-order chi connectivity index (χ1) is 10.5. The molecule has 0 spiro atoms. The van der Waals surface area contributed by atoms with Gasteiger partial charge in [0.15, 0.2) is 17.5 Å². The molecule has 2 rings (SSSR count). The Kier molecular flexibility index (Phi) is 5.24. The van der Waals surface area contributed by atoms with Crippen LogP contribution in [-0.4, -0.2) is 28.6 Å². The lowest BCUT2D eigenvalue weighted by Gasteiger charge is -2.42. The van der Waals surface area contributed by atoms with Gasteiger partial charge in [0.05, 0.1) is 18.7 Å². The molecule has 1 aliphatic heterocycles. The molecule has 1 aliphatic rings. The lowest BCUT2D eigenvalue weighted by Crippen LogP contribution is -2.47. The molecule has 3 nitrogen and oxygen atoms in total. The molecule has 0 radical (unpaired) electrons. The maximum Gasteiger partial charge on any atom is 0.227 e. The van der Waals surface area contributed by atoms with Crippen LogP contribution >= 0.6 is 0 Å². The predicted octanol–water partition coefficient (Wildman–Crippen LogP) is 3.09. The molecule has 6 heteroatoms. The van der Waals surface area contributed by atoms with Crippen molar-refractivity contribution in [2.75, 3.05) is 6.61 Å². The Morgan fingerprint density at radius 2 is 1.95 bits per heavy atom. The van der Waals surface area contributed by atoms with Crippen molar-refractivity contribution < 1.29 is 23.1 Å². The highest BCUT2D eigenvalue weighted by Gasteiger charge is 2.34. The number of nitrogens with zero attached hydrogens (tertiary/aromatic N) is 1. The third-order valence-electron chi connectivity index (χ3n) is 3.95. The molecule has 22 heavy (non-hydrogen) atoms. The fraction of sp³-hybridized carbons (Fsp3) is 0.438. The molecule has 1 heterocycles. The Hall–Kier alpha value is -1.82. The van der Waals surface area contributed by atoms with Crippen LogP contribution in [0, 0.1) is 17.5 Å². The van der Waals surface area contributed by atoms with Crippen molar-refractivity contribution in [3.8, 4) is 0 Å². The van der Waals surface area contributed by atoms with Crippen LogP contribution in [0.4, 0.5) is 13.2 Å². The van der Waals surface area contributed by atoms with Crippen molar-refractivity contribution in [2.24, 2.45) is 0 Å². The molecule has 1 amide bonds. The quantitative estimate of drug-likeness (QED) is 0.685. The second-order valence-electron chi connectivity index (χ2n) is 5.38. The molecule has 1 saturated heterocycles. The van der Waals surface area contributed by atoms with Gasteiger partial charge in [-0.25, -0.2) is 13.2 Å². The van der Waals surface area contributed by atoms with Gasteiger partial charge in [0, 0.05) is 6.42 Å². The number of aliphatic hydroxyl groups is 1. The van der Waals surface area contributed by atoms with Crippen LogP contribution in [0.25, 0.3) is 0 Å². The highest BCUT2D eigenvalue weighted by Crippen LogP contribution is 2.36. The standard InChI is InChI=1S/C16H18F3NO2/c1-2-4-15(22)20-11(9-21)5-3-6-14(20)10-7-12(17)16(19)13(18)8-10/h2,7-8,11,14,21H,1,3-6,9H2. The number of amides is 1. The van der Waals surface area contributed by atoms with Crippen LogP contribution < -0.4 is 0 Å². The van der Waals surface area contributed by atoms with E-state index in [0.717, 1.165) is 12.1 Å². The number of hydrogen-bond acceptors (Lipinski definition) is 2. The molecule has 1 aromatic carbocycles. The third-order valence-corrected chi connectivity index (χ3v) is 3.95. The van der Waals surface area contributed by atoms with Crippen molar-refractivity contribution in [1.82, 2.24) is 4.90 Å². The zero-order valence-electron chi connectivity index (χ0n) is 12.1. The SMILES string of the molecule is C=CCC(=O)N1C(CO)CCCC1c1cc(F)c(F)c(F)c1. The highest BCUT2D eigenvalue weighted by molar-refractivity contribution is 5.78. The van der Waals surface area contributed by atoms with E-state index in [4.69, 9.17) is 0 Å². The molecule has 2 atom stereocenters. The smallest absolute Gasteiger partial charge is 0.227 e. The molecule has 1 aromatic rings. The summed E-state index contributed by atoms with van der Waals surface area (Å²) in [5.74, 6) is -4.36. The maximum atomic E-state index is 13.5. The van der Waals surface area contributed by atoms with Gasteiger partial charge in [0.2, 0.25) is 5.91 Å². The summed E-state index contributed by atoms with van der Waals surface area (Å²) in [7, 11) is 0. The van der Waals surface area contributed by atoms with E-state index in [9.17, 15) is 23.1 Å². The molecular weight excluding hydrogens is 295 g/mol. The van der Waals surface area contributed by atoms with Gasteiger partial charge in [-0.15, -0.1) is 6.58 Å². The Labute approximate surface area is 127 Å². The van der Waals surface area contributed by atoms with Gasteiger partial charge in [-0.05, 0) is 37.0 Å². The molecule has 0 aliphatic carbocycles. The van der Waals surface area contributed by atoms with Gasteiger partial charge in [-0.2, -0.15) is 0 Å². The molecule has 0 saturated carbocycles. The molecular formula is C16H18F3NO2. The number of carbonyl (C=O) groups is 1. The van der Waals surface area contributed by atoms with Crippen LogP contribution in [0.5, 0.6) is 0 Å². The molecule has 1 N–H and O–H groups in total. The minimum Gasteiger partial charge on any atom is -0.394 e. The average molecular weight is 313 g/mol. The number of halogens is 3. The van der Waals surface area contributed by atoms with Gasteiger partial charge < -0.3 is 10.0 Å². The maximum absolute atomic E-state index is 13.5. The van der Waals surface area contributed by atoms with Gasteiger partial charge in [0.1, 0.15) is 0 Å². The number of benzene rings is 1. The fourth-order valence-corrected chi connectivity index (χ4v) is 2.96. The lowest BCUT2D eigenvalue weighted by molar-refractivity contribution is -0.139. The van der Waals surface area contributed by atoms with E-state index in [1.807, 2.05) is 0 Å². The van der Waals surface area contributed by atoms with E-state index >= 15 is 0 Å². The predicted molar refractivity (Wildman–Crippen MR) is 75.4 cm³/mol. The Morgan fingerprint density at radius 1 is 1.32 bits per heavy atom. The number of piperidine rings is 1. The highest BCUT2D eigenvalue weighted by atomic mass is 19.2. The summed E-state index contributed by atoms with van der Waals surface area (Å²) >= 11 is 0. The molecule has 0 aromatic heterocycles. The van der Waals surface area contributed by atoms with E-state index in [-0.39, 0.29) is 24.5 Å². The molecule has 120 valence electrons. The number of hydrogen-bond donors (Lipinski definition) is 1. The Bertz CT molecular complexity index is 554. The van der Waals surface area contributed by atoms with Crippen molar-refractivity contribution in [3.05, 3.63) is 47.8 Å². The number of carbonyl (C=O) groups excluding carboxylic acids is 1. The first-order valence-electron chi connectivity index (χ1n) is 7.17. The van der Waals surface area contributed by atoms with Crippen LogP contribution in [0.1, 0.15) is 37.3 Å². The lowest BCUT2D eigenvalue weighted by atomic mass is 9.90. The Balaban J connectivity index is 2.41. The monoisotopic (exact) mass is 313 g/mol. The average Bonchev–Trinajstić information content (AvgIpc) is 2.51. The summed E-state index contributed by atoms with van der Waals surface area (Å²) in [5.41, 5.74) is 0.201. The molecule has 0 bridgehead atoms. The fourth-order valence-electron chi connectivity index (χ4n) is 2.96. The van der Waals surface area contributed by atoms with Crippen molar-refractivity contribution in [3.63, 3.8) is 0 Å². The van der Waals surface area contributed by atoms with E-state index < -0.39 is 29.5 Å². The van der Waals surface area contributed by atoms with Crippen molar-refractivity contribution >= 4 is 5.91 Å². The van der Waals surface area contributed by atoms with E-state index in [1.165, 1.54) is 11.0 Å². The normalized spacial score (nSPS) is 21.7. The number of aliphatic hydroxyl groups excluding tert-OH is 1. The molecule has 1 fully saturated rings. The van der Waals surface area contributed by atoms with E-state index in [2.05, 4.69) is 6.58 Å². The van der Waals surface area contributed by atoms with Gasteiger partial charge >= 0.3 is 0 Å². The van der Waals surface area contributed by atoms with Gasteiger partial charge in [-0.1, -0.05) is 6.08 Å². The van der Waals surface area contributed by atoms with Crippen LogP contribution in [0.15, 0.2) is 24.8 Å². The van der Waals surface area contributed by atoms with E-state index in [1.54, 1.807) is 0 Å². The number of rotatable bonds is 4. The zero-order valence-corrected chi connectivity index (χ0v) is 12.1. The van der Waals surface area contributed by atoms with Crippen LogP contribution in [0.2, 0.25) is 0 Å². The molecule has 2 unspecified atom stereocenters. The zero-order chi connectivity index (χ0) is 16.3. The van der Waals surface area contributed by atoms with Gasteiger partial charge in [0.25, 0.3) is 0 Å². The number of likely N-dealkylation sites (tertiary alicyclic amines) is 1. The summed E-state index contributed by atoms with van der Waals surface area (Å²) in [6, 6.07) is 0.832. The Morgan fingerprint density at radius 3 is 2.50 bits per heavy atom. The first kappa shape index (κ1) is 16.5. The van der Waals surface area contributed by atoms with Crippen molar-refractivity contribution in [1.29, 1.82) is 0 Å². The minimum absolute atomic E-state index is 0.0686. The second-order valence-corrected chi connectivity index (χ2v) is 5.38. The minimum atomic E-state index is -1.53. The first-order valence-corrected chi connectivity index (χ1v) is 7.17. The summed E-state index contributed by atoms with van der Waals surface area (Å²) in [4.78, 5) is 13.7.